The maximum absolute atomic E-state index is 11.6. The Hall–Kier alpha value is -0.570. The highest BCUT2D eigenvalue weighted by Gasteiger charge is 2.22. The molecule has 1 aliphatic carbocycles. The molecule has 0 saturated heterocycles. The minimum absolute atomic E-state index is 0.00979. The van der Waals surface area contributed by atoms with Crippen LogP contribution in [0.2, 0.25) is 0 Å². The Morgan fingerprint density at radius 3 is 2.53 bits per heavy atom. The van der Waals surface area contributed by atoms with Crippen molar-refractivity contribution in [2.24, 2.45) is 11.7 Å². The van der Waals surface area contributed by atoms with Crippen LogP contribution in [0.25, 0.3) is 0 Å². The van der Waals surface area contributed by atoms with Gasteiger partial charge in [-0.15, -0.1) is 0 Å². The Kier molecular flexibility index (Phi) is 5.09. The fraction of sp³-hybridized carbons (Fsp3) is 0.917. The predicted molar refractivity (Wildman–Crippen MR) is 62.4 cm³/mol. The number of amides is 1. The SMILES string of the molecule is CCC(N)C(=O)NC(C)C1CCCCC1. The van der Waals surface area contributed by atoms with Crippen molar-refractivity contribution in [1.29, 1.82) is 0 Å². The molecule has 0 bridgehead atoms. The first-order valence-electron chi connectivity index (χ1n) is 6.21. The van der Waals surface area contributed by atoms with Gasteiger partial charge >= 0.3 is 0 Å². The summed E-state index contributed by atoms with van der Waals surface area (Å²) < 4.78 is 0. The van der Waals surface area contributed by atoms with E-state index in [4.69, 9.17) is 5.73 Å². The highest BCUT2D eigenvalue weighted by atomic mass is 16.2. The van der Waals surface area contributed by atoms with E-state index in [9.17, 15) is 4.79 Å². The molecule has 3 nitrogen and oxygen atoms in total. The van der Waals surface area contributed by atoms with E-state index in [0.717, 1.165) is 0 Å². The number of hydrogen-bond donors (Lipinski definition) is 2. The lowest BCUT2D eigenvalue weighted by molar-refractivity contribution is -0.123. The molecule has 1 amide bonds. The van der Waals surface area contributed by atoms with E-state index in [2.05, 4.69) is 12.2 Å². The van der Waals surface area contributed by atoms with Crippen LogP contribution < -0.4 is 11.1 Å². The van der Waals surface area contributed by atoms with Crippen molar-refractivity contribution in [3.05, 3.63) is 0 Å². The zero-order chi connectivity index (χ0) is 11.3. The second kappa shape index (κ2) is 6.11. The van der Waals surface area contributed by atoms with Crippen LogP contribution in [0.3, 0.4) is 0 Å². The third-order valence-corrected chi connectivity index (χ3v) is 3.50. The first-order valence-corrected chi connectivity index (χ1v) is 6.21. The van der Waals surface area contributed by atoms with Gasteiger partial charge in [-0.05, 0) is 32.1 Å². The lowest BCUT2D eigenvalue weighted by atomic mass is 9.84. The summed E-state index contributed by atoms with van der Waals surface area (Å²) in [5.41, 5.74) is 5.68. The number of hydrogen-bond acceptors (Lipinski definition) is 2. The molecular weight excluding hydrogens is 188 g/mol. The third kappa shape index (κ3) is 3.82. The van der Waals surface area contributed by atoms with Crippen molar-refractivity contribution >= 4 is 5.91 Å². The van der Waals surface area contributed by atoms with Gasteiger partial charge in [-0.2, -0.15) is 0 Å². The maximum Gasteiger partial charge on any atom is 0.237 e. The minimum atomic E-state index is -0.337. The van der Waals surface area contributed by atoms with Crippen molar-refractivity contribution in [2.75, 3.05) is 0 Å². The highest BCUT2D eigenvalue weighted by Crippen LogP contribution is 2.26. The van der Waals surface area contributed by atoms with Crippen LogP contribution in [0, 0.1) is 5.92 Å². The van der Waals surface area contributed by atoms with Gasteiger partial charge in [0.1, 0.15) is 0 Å². The van der Waals surface area contributed by atoms with Gasteiger partial charge in [0.05, 0.1) is 6.04 Å². The summed E-state index contributed by atoms with van der Waals surface area (Å²) in [6.45, 7) is 4.05. The number of rotatable bonds is 4. The standard InChI is InChI=1S/C12H24N2O/c1-3-11(13)12(15)14-9(2)10-7-5-4-6-8-10/h9-11H,3-8,13H2,1-2H3,(H,14,15). The normalized spacial score (nSPS) is 22.1. The van der Waals surface area contributed by atoms with Crippen molar-refractivity contribution in [3.8, 4) is 0 Å². The highest BCUT2D eigenvalue weighted by molar-refractivity contribution is 5.81. The number of nitrogens with one attached hydrogen (secondary N) is 1. The maximum atomic E-state index is 11.6. The topological polar surface area (TPSA) is 55.1 Å². The molecule has 0 aliphatic heterocycles. The average Bonchev–Trinajstić information content (AvgIpc) is 2.29. The smallest absolute Gasteiger partial charge is 0.237 e. The van der Waals surface area contributed by atoms with E-state index in [1.54, 1.807) is 0 Å². The predicted octanol–water partition coefficient (Wildman–Crippen LogP) is 1.81. The van der Waals surface area contributed by atoms with E-state index in [-0.39, 0.29) is 18.0 Å². The molecule has 3 N–H and O–H groups in total. The molecule has 15 heavy (non-hydrogen) atoms. The van der Waals surface area contributed by atoms with Gasteiger partial charge in [-0.3, -0.25) is 4.79 Å². The van der Waals surface area contributed by atoms with Gasteiger partial charge in [0.2, 0.25) is 5.91 Å². The Bertz CT molecular complexity index is 200. The van der Waals surface area contributed by atoms with Crippen LogP contribution in [-0.2, 0) is 4.79 Å². The van der Waals surface area contributed by atoms with Gasteiger partial charge < -0.3 is 11.1 Å². The molecule has 2 atom stereocenters. The molecule has 1 aliphatic rings. The molecule has 1 saturated carbocycles. The number of carbonyl (C=O) groups is 1. The Morgan fingerprint density at radius 1 is 1.40 bits per heavy atom. The van der Waals surface area contributed by atoms with Crippen molar-refractivity contribution in [3.63, 3.8) is 0 Å². The van der Waals surface area contributed by atoms with Gasteiger partial charge in [0, 0.05) is 6.04 Å². The monoisotopic (exact) mass is 212 g/mol. The zero-order valence-electron chi connectivity index (χ0n) is 9.96. The molecule has 88 valence electrons. The summed E-state index contributed by atoms with van der Waals surface area (Å²) in [4.78, 5) is 11.6. The molecule has 0 heterocycles. The van der Waals surface area contributed by atoms with E-state index in [1.807, 2.05) is 6.92 Å². The van der Waals surface area contributed by atoms with Crippen LogP contribution in [0.15, 0.2) is 0 Å². The van der Waals surface area contributed by atoms with Crippen LogP contribution in [0.4, 0.5) is 0 Å². The Balaban J connectivity index is 2.33. The first kappa shape index (κ1) is 12.5. The first-order chi connectivity index (χ1) is 7.15. The molecule has 1 fully saturated rings. The van der Waals surface area contributed by atoms with Crippen LogP contribution >= 0.6 is 0 Å². The summed E-state index contributed by atoms with van der Waals surface area (Å²) in [6.07, 6.45) is 7.19. The van der Waals surface area contributed by atoms with Gasteiger partial charge in [0.15, 0.2) is 0 Å². The quantitative estimate of drug-likeness (QED) is 0.746. The van der Waals surface area contributed by atoms with Gasteiger partial charge in [0.25, 0.3) is 0 Å². The van der Waals surface area contributed by atoms with E-state index in [1.165, 1.54) is 32.1 Å². The van der Waals surface area contributed by atoms with E-state index < -0.39 is 0 Å². The molecule has 3 heteroatoms. The third-order valence-electron chi connectivity index (χ3n) is 3.50. The summed E-state index contributed by atoms with van der Waals surface area (Å²) in [5, 5.41) is 3.04. The Labute approximate surface area is 92.8 Å². The summed E-state index contributed by atoms with van der Waals surface area (Å²) in [5.74, 6) is 0.669. The van der Waals surface area contributed by atoms with E-state index in [0.29, 0.717) is 12.3 Å². The fourth-order valence-electron chi connectivity index (χ4n) is 2.27. The number of carbonyl (C=O) groups excluding carboxylic acids is 1. The van der Waals surface area contributed by atoms with Gasteiger partial charge in [-0.1, -0.05) is 26.2 Å². The molecule has 0 aromatic rings. The zero-order valence-corrected chi connectivity index (χ0v) is 9.96. The second-order valence-corrected chi connectivity index (χ2v) is 4.71. The molecule has 1 rings (SSSR count). The fourth-order valence-corrected chi connectivity index (χ4v) is 2.27. The van der Waals surface area contributed by atoms with Crippen molar-refractivity contribution in [2.45, 2.75) is 64.5 Å². The van der Waals surface area contributed by atoms with E-state index >= 15 is 0 Å². The minimum Gasteiger partial charge on any atom is -0.352 e. The molecule has 0 aromatic heterocycles. The summed E-state index contributed by atoms with van der Waals surface area (Å²) in [7, 11) is 0. The molecule has 2 unspecified atom stereocenters. The van der Waals surface area contributed by atoms with Gasteiger partial charge in [-0.25, -0.2) is 0 Å². The lowest BCUT2D eigenvalue weighted by Crippen LogP contribution is -2.46. The van der Waals surface area contributed by atoms with Crippen LogP contribution in [0.1, 0.15) is 52.4 Å². The van der Waals surface area contributed by atoms with Crippen LogP contribution in [-0.4, -0.2) is 18.0 Å². The molecule has 0 aromatic carbocycles. The molecule has 0 radical (unpaired) electrons. The lowest BCUT2D eigenvalue weighted by Gasteiger charge is -2.29. The number of nitrogens with two attached hydrogens (primary N) is 1. The average molecular weight is 212 g/mol. The summed E-state index contributed by atoms with van der Waals surface area (Å²) >= 11 is 0. The largest absolute Gasteiger partial charge is 0.352 e. The Morgan fingerprint density at radius 2 is 2.00 bits per heavy atom. The molecule has 0 spiro atoms. The van der Waals surface area contributed by atoms with Crippen LogP contribution in [0.5, 0.6) is 0 Å². The summed E-state index contributed by atoms with van der Waals surface area (Å²) in [6, 6.07) is -0.0496. The van der Waals surface area contributed by atoms with Crippen molar-refractivity contribution in [1.82, 2.24) is 5.32 Å². The second-order valence-electron chi connectivity index (χ2n) is 4.71. The molecular formula is C12H24N2O. The van der Waals surface area contributed by atoms with Crippen molar-refractivity contribution < 1.29 is 4.79 Å².